The minimum absolute atomic E-state index is 0.271. The minimum atomic E-state index is 0.271. The van der Waals surface area contributed by atoms with E-state index in [1.54, 1.807) is 0 Å². The zero-order valence-corrected chi connectivity index (χ0v) is 12.9. The van der Waals surface area contributed by atoms with Crippen LogP contribution in [0.5, 0.6) is 0 Å². The molecular weight excluding hydrogens is 224 g/mol. The van der Waals surface area contributed by atoms with E-state index in [0.717, 1.165) is 0 Å². The van der Waals surface area contributed by atoms with Crippen molar-refractivity contribution in [3.63, 3.8) is 0 Å². The molecule has 1 rings (SSSR count). The Labute approximate surface area is 111 Å². The molecular formula is C16H26S. The average Bonchev–Trinajstić information content (AvgIpc) is 2.29. The second kappa shape index (κ2) is 5.48. The van der Waals surface area contributed by atoms with Crippen molar-refractivity contribution in [3.05, 3.63) is 29.8 Å². The van der Waals surface area contributed by atoms with Gasteiger partial charge in [0.2, 0.25) is 0 Å². The number of hydrogen-bond acceptors (Lipinski definition) is 1. The number of benzene rings is 1. The maximum atomic E-state index is 2.34. The molecule has 0 atom stereocenters. The molecule has 0 aromatic heterocycles. The van der Waals surface area contributed by atoms with Crippen LogP contribution in [0, 0.1) is 0 Å². The van der Waals surface area contributed by atoms with Crippen LogP contribution in [0.2, 0.25) is 0 Å². The molecule has 0 nitrogen and oxygen atoms in total. The van der Waals surface area contributed by atoms with E-state index in [4.69, 9.17) is 0 Å². The van der Waals surface area contributed by atoms with Crippen LogP contribution < -0.4 is 0 Å². The van der Waals surface area contributed by atoms with Crippen molar-refractivity contribution in [3.8, 4) is 0 Å². The lowest BCUT2D eigenvalue weighted by atomic mass is 9.82. The van der Waals surface area contributed by atoms with Gasteiger partial charge < -0.3 is 0 Å². The van der Waals surface area contributed by atoms with Gasteiger partial charge in [0.15, 0.2) is 0 Å². The number of thioether (sulfide) groups is 1. The molecule has 0 aliphatic rings. The van der Waals surface area contributed by atoms with Crippen molar-refractivity contribution in [1.29, 1.82) is 0 Å². The molecule has 0 unspecified atom stereocenters. The molecule has 0 saturated carbocycles. The van der Waals surface area contributed by atoms with E-state index >= 15 is 0 Å². The molecule has 0 aliphatic heterocycles. The number of hydrogen-bond donors (Lipinski definition) is 0. The van der Waals surface area contributed by atoms with Gasteiger partial charge in [-0.05, 0) is 29.9 Å². The summed E-state index contributed by atoms with van der Waals surface area (Å²) in [6.07, 6.45) is 2.37. The number of rotatable bonds is 5. The zero-order valence-electron chi connectivity index (χ0n) is 12.1. The Morgan fingerprint density at radius 1 is 0.941 bits per heavy atom. The van der Waals surface area contributed by atoms with Crippen molar-refractivity contribution < 1.29 is 0 Å². The predicted octanol–water partition coefficient (Wildman–Crippen LogP) is 5.65. The van der Waals surface area contributed by atoms with E-state index in [-0.39, 0.29) is 5.41 Å². The van der Waals surface area contributed by atoms with E-state index in [1.165, 1.54) is 23.3 Å². The van der Waals surface area contributed by atoms with Crippen LogP contribution in [0.25, 0.3) is 0 Å². The van der Waals surface area contributed by atoms with Crippen LogP contribution in [-0.2, 0) is 5.41 Å². The summed E-state index contributed by atoms with van der Waals surface area (Å²) in [6, 6.07) is 8.88. The normalized spacial score (nSPS) is 12.8. The van der Waals surface area contributed by atoms with Crippen LogP contribution in [0.4, 0.5) is 0 Å². The first kappa shape index (κ1) is 14.6. The van der Waals surface area contributed by atoms with Crippen molar-refractivity contribution in [1.82, 2.24) is 0 Å². The zero-order chi connectivity index (χ0) is 13.1. The van der Waals surface area contributed by atoms with E-state index in [0.29, 0.717) is 4.75 Å². The Morgan fingerprint density at radius 3 is 2.06 bits per heavy atom. The summed E-state index contributed by atoms with van der Waals surface area (Å²) in [5.74, 6) is 0. The molecule has 0 N–H and O–H groups in total. The third-order valence-electron chi connectivity index (χ3n) is 3.74. The van der Waals surface area contributed by atoms with Crippen molar-refractivity contribution in [2.75, 3.05) is 0 Å². The topological polar surface area (TPSA) is 0 Å². The van der Waals surface area contributed by atoms with Crippen LogP contribution in [0.15, 0.2) is 29.2 Å². The Hall–Kier alpha value is -0.430. The molecule has 96 valence electrons. The first-order valence-electron chi connectivity index (χ1n) is 6.61. The minimum Gasteiger partial charge on any atom is -0.120 e. The van der Waals surface area contributed by atoms with Gasteiger partial charge in [-0.1, -0.05) is 59.7 Å². The molecule has 1 aromatic carbocycles. The lowest BCUT2D eigenvalue weighted by Crippen LogP contribution is -2.19. The highest BCUT2D eigenvalue weighted by Crippen LogP contribution is 2.41. The van der Waals surface area contributed by atoms with Gasteiger partial charge in [-0.2, -0.15) is 0 Å². The summed E-state index contributed by atoms with van der Waals surface area (Å²) in [7, 11) is 0. The standard InChI is InChI=1S/C16H26S/c1-7-15(3,4)13-11-9-10-12-14(13)17-16(5,6)8-2/h9-12H,7-8H2,1-6H3. The van der Waals surface area contributed by atoms with E-state index < -0.39 is 0 Å². The Bertz CT molecular complexity index is 364. The Morgan fingerprint density at radius 2 is 1.53 bits per heavy atom. The molecule has 0 saturated heterocycles. The van der Waals surface area contributed by atoms with Crippen LogP contribution in [0.3, 0.4) is 0 Å². The van der Waals surface area contributed by atoms with Crippen LogP contribution in [0.1, 0.15) is 59.9 Å². The van der Waals surface area contributed by atoms with Gasteiger partial charge in [-0.3, -0.25) is 0 Å². The van der Waals surface area contributed by atoms with Gasteiger partial charge in [-0.25, -0.2) is 0 Å². The summed E-state index contributed by atoms with van der Waals surface area (Å²) in [4.78, 5) is 1.45. The molecule has 0 spiro atoms. The molecule has 1 heteroatoms. The average molecular weight is 250 g/mol. The second-order valence-corrected chi connectivity index (χ2v) is 7.70. The largest absolute Gasteiger partial charge is 0.120 e. The second-order valence-electron chi connectivity index (χ2n) is 5.95. The van der Waals surface area contributed by atoms with Gasteiger partial charge in [0, 0.05) is 9.64 Å². The monoisotopic (exact) mass is 250 g/mol. The molecule has 0 radical (unpaired) electrons. The van der Waals surface area contributed by atoms with Crippen molar-refractivity contribution in [2.45, 2.75) is 69.4 Å². The highest BCUT2D eigenvalue weighted by atomic mass is 32.2. The molecule has 0 aliphatic carbocycles. The van der Waals surface area contributed by atoms with Gasteiger partial charge in [0.25, 0.3) is 0 Å². The highest BCUT2D eigenvalue weighted by Gasteiger charge is 2.25. The molecule has 0 bridgehead atoms. The van der Waals surface area contributed by atoms with Gasteiger partial charge >= 0.3 is 0 Å². The lowest BCUT2D eigenvalue weighted by molar-refractivity contribution is 0.496. The Kier molecular flexibility index (Phi) is 4.71. The summed E-state index contributed by atoms with van der Waals surface area (Å²) in [6.45, 7) is 13.9. The van der Waals surface area contributed by atoms with Gasteiger partial charge in [0.1, 0.15) is 0 Å². The Balaban J connectivity index is 3.09. The maximum Gasteiger partial charge on any atom is 0.0148 e. The van der Waals surface area contributed by atoms with Gasteiger partial charge in [-0.15, -0.1) is 11.8 Å². The molecule has 17 heavy (non-hydrogen) atoms. The molecule has 0 amide bonds. The fourth-order valence-corrected chi connectivity index (χ4v) is 3.02. The van der Waals surface area contributed by atoms with Crippen LogP contribution >= 0.6 is 11.8 Å². The molecule has 0 heterocycles. The first-order chi connectivity index (χ1) is 7.82. The van der Waals surface area contributed by atoms with Gasteiger partial charge in [0.05, 0.1) is 0 Å². The quantitative estimate of drug-likeness (QED) is 0.608. The van der Waals surface area contributed by atoms with Crippen molar-refractivity contribution in [2.24, 2.45) is 0 Å². The van der Waals surface area contributed by atoms with Crippen LogP contribution in [-0.4, -0.2) is 4.75 Å². The smallest absolute Gasteiger partial charge is 0.0148 e. The SMILES string of the molecule is CCC(C)(C)Sc1ccccc1C(C)(C)CC. The predicted molar refractivity (Wildman–Crippen MR) is 80.0 cm³/mol. The summed E-state index contributed by atoms with van der Waals surface area (Å²) in [5, 5.41) is 0. The third-order valence-corrected chi connectivity index (χ3v) is 5.15. The summed E-state index contributed by atoms with van der Waals surface area (Å²) < 4.78 is 0.319. The van der Waals surface area contributed by atoms with E-state index in [1.807, 2.05) is 11.8 Å². The first-order valence-corrected chi connectivity index (χ1v) is 7.42. The van der Waals surface area contributed by atoms with Crippen molar-refractivity contribution >= 4 is 11.8 Å². The summed E-state index contributed by atoms with van der Waals surface area (Å²) >= 11 is 2.01. The molecule has 1 aromatic rings. The fraction of sp³-hybridized carbons (Fsp3) is 0.625. The molecule has 0 fully saturated rings. The highest BCUT2D eigenvalue weighted by molar-refractivity contribution is 8.00. The summed E-state index contributed by atoms with van der Waals surface area (Å²) in [5.41, 5.74) is 1.77. The maximum absolute atomic E-state index is 2.34. The van der Waals surface area contributed by atoms with E-state index in [9.17, 15) is 0 Å². The third kappa shape index (κ3) is 3.77. The lowest BCUT2D eigenvalue weighted by Gasteiger charge is -2.29. The fourth-order valence-electron chi connectivity index (χ4n) is 1.68. The van der Waals surface area contributed by atoms with E-state index in [2.05, 4.69) is 65.8 Å².